The summed E-state index contributed by atoms with van der Waals surface area (Å²) in [6, 6.07) is 23.7. The molecule has 2 aliphatic heterocycles. The monoisotopic (exact) mass is 618 g/mol. The zero-order chi connectivity index (χ0) is 32.0. The summed E-state index contributed by atoms with van der Waals surface area (Å²) in [5.74, 6) is 0.773. The van der Waals surface area contributed by atoms with Crippen molar-refractivity contribution in [3.05, 3.63) is 90.6 Å². The maximum absolute atomic E-state index is 13.0. The largest absolute Gasteiger partial charge is 0.436 e. The van der Waals surface area contributed by atoms with Gasteiger partial charge in [-0.25, -0.2) is 9.78 Å². The molecule has 2 fully saturated rings. The molecule has 0 radical (unpaired) electrons. The quantitative estimate of drug-likeness (QED) is 0.159. The summed E-state index contributed by atoms with van der Waals surface area (Å²) in [4.78, 5) is 57.6. The Morgan fingerprint density at radius 1 is 0.913 bits per heavy atom. The number of nitrogens with zero attached hydrogens (tertiary/aromatic N) is 4. The van der Waals surface area contributed by atoms with Gasteiger partial charge in [0.05, 0.1) is 12.6 Å². The van der Waals surface area contributed by atoms with Gasteiger partial charge in [0.2, 0.25) is 29.3 Å². The average molecular weight is 619 g/mol. The highest BCUT2D eigenvalue weighted by Crippen LogP contribution is 2.29. The van der Waals surface area contributed by atoms with Crippen LogP contribution in [-0.2, 0) is 25.6 Å². The lowest BCUT2D eigenvalue weighted by atomic mass is 10.1. The molecule has 10 heteroatoms. The number of likely N-dealkylation sites (tertiary alicyclic amines) is 2. The van der Waals surface area contributed by atoms with Crippen molar-refractivity contribution < 1.29 is 28.2 Å². The Hall–Kier alpha value is -5.38. The summed E-state index contributed by atoms with van der Waals surface area (Å²) in [5, 5.41) is 2.91. The Kier molecular flexibility index (Phi) is 9.14. The molecule has 2 unspecified atom stereocenters. The minimum absolute atomic E-state index is 0.0512. The van der Waals surface area contributed by atoms with E-state index in [9.17, 15) is 19.2 Å². The lowest BCUT2D eigenvalue weighted by Gasteiger charge is -2.22. The van der Waals surface area contributed by atoms with Crippen LogP contribution in [0.2, 0.25) is 0 Å². The van der Waals surface area contributed by atoms with Crippen molar-refractivity contribution >= 4 is 41.7 Å². The lowest BCUT2D eigenvalue weighted by molar-refractivity contribution is -0.345. The van der Waals surface area contributed by atoms with Crippen LogP contribution in [0, 0.1) is 0 Å². The highest BCUT2D eigenvalue weighted by Gasteiger charge is 2.33. The summed E-state index contributed by atoms with van der Waals surface area (Å²) in [5.41, 5.74) is 3.83. The highest BCUT2D eigenvalue weighted by atomic mass is 16.4. The van der Waals surface area contributed by atoms with Crippen molar-refractivity contribution in [2.75, 3.05) is 18.4 Å². The van der Waals surface area contributed by atoms with E-state index < -0.39 is 6.04 Å². The van der Waals surface area contributed by atoms with Crippen LogP contribution < -0.4 is 5.32 Å². The van der Waals surface area contributed by atoms with Gasteiger partial charge >= 0.3 is 6.41 Å². The van der Waals surface area contributed by atoms with Gasteiger partial charge in [-0.05, 0) is 67.6 Å². The van der Waals surface area contributed by atoms with Crippen LogP contribution in [0.1, 0.15) is 38.2 Å². The number of oxazole rings is 1. The number of benzene rings is 3. The van der Waals surface area contributed by atoms with Gasteiger partial charge in [-0.3, -0.25) is 14.4 Å². The number of aromatic nitrogens is 1. The fourth-order valence-electron chi connectivity index (χ4n) is 6.17. The number of hydrogen-bond acceptors (Lipinski definition) is 6. The third-order valence-electron chi connectivity index (χ3n) is 8.58. The molecule has 1 aromatic heterocycles. The molecule has 10 nitrogen and oxygen atoms in total. The number of hydrogen-bond donors (Lipinski definition) is 1. The zero-order valence-corrected chi connectivity index (χ0v) is 25.7. The molecule has 234 valence electrons. The molecule has 0 saturated carbocycles. The SMILES string of the molecule is CC(=O)N1CCCC1C(=O)Nc1ccc(-c2cnc(-c3ccc([N+](C=O)=CC4CCCN4C(=O)Cc4ccccc4)cc3)o2)cc1. The van der Waals surface area contributed by atoms with Crippen molar-refractivity contribution in [1.29, 1.82) is 0 Å². The molecule has 46 heavy (non-hydrogen) atoms. The Bertz CT molecular complexity index is 1750. The van der Waals surface area contributed by atoms with Gasteiger partial charge in [-0.1, -0.05) is 30.3 Å². The van der Waals surface area contributed by atoms with Crippen LogP contribution in [0.4, 0.5) is 11.4 Å². The van der Waals surface area contributed by atoms with Crippen molar-refractivity contribution in [3.63, 3.8) is 0 Å². The second-order valence-electron chi connectivity index (χ2n) is 11.6. The first-order chi connectivity index (χ1) is 22.4. The summed E-state index contributed by atoms with van der Waals surface area (Å²) in [6.45, 7) is 2.76. The average Bonchev–Trinajstić information content (AvgIpc) is 3.86. The lowest BCUT2D eigenvalue weighted by Crippen LogP contribution is -2.42. The van der Waals surface area contributed by atoms with E-state index in [2.05, 4.69) is 10.3 Å². The van der Waals surface area contributed by atoms with Gasteiger partial charge in [0.15, 0.2) is 12.0 Å². The van der Waals surface area contributed by atoms with Crippen LogP contribution in [-0.4, -0.2) is 74.9 Å². The van der Waals surface area contributed by atoms with E-state index in [1.165, 1.54) is 11.5 Å². The molecule has 0 aliphatic carbocycles. The molecule has 4 aromatic rings. The van der Waals surface area contributed by atoms with Crippen molar-refractivity contribution in [1.82, 2.24) is 14.8 Å². The van der Waals surface area contributed by atoms with E-state index in [0.29, 0.717) is 49.0 Å². The van der Waals surface area contributed by atoms with E-state index in [1.54, 1.807) is 23.2 Å². The molecule has 6 rings (SSSR count). The zero-order valence-electron chi connectivity index (χ0n) is 25.7. The molecule has 3 heterocycles. The van der Waals surface area contributed by atoms with Gasteiger partial charge in [0.1, 0.15) is 12.1 Å². The maximum atomic E-state index is 13.0. The molecule has 4 amide bonds. The predicted molar refractivity (Wildman–Crippen MR) is 173 cm³/mol. The van der Waals surface area contributed by atoms with Crippen LogP contribution in [0.3, 0.4) is 0 Å². The van der Waals surface area contributed by atoms with Gasteiger partial charge in [-0.2, -0.15) is 0 Å². The topological polar surface area (TPSA) is 116 Å². The second-order valence-corrected chi connectivity index (χ2v) is 11.6. The van der Waals surface area contributed by atoms with Crippen LogP contribution in [0.25, 0.3) is 22.8 Å². The Balaban J connectivity index is 1.10. The smallest absolute Gasteiger partial charge is 0.380 e. The summed E-state index contributed by atoms with van der Waals surface area (Å²) in [6.07, 6.45) is 7.72. The summed E-state index contributed by atoms with van der Waals surface area (Å²) < 4.78 is 7.57. The molecule has 0 spiro atoms. The third-order valence-corrected chi connectivity index (χ3v) is 8.58. The Morgan fingerprint density at radius 2 is 1.61 bits per heavy atom. The molecule has 2 atom stereocenters. The first-order valence-corrected chi connectivity index (χ1v) is 15.6. The van der Waals surface area contributed by atoms with E-state index in [-0.39, 0.29) is 23.8 Å². The van der Waals surface area contributed by atoms with Crippen molar-refractivity contribution in [2.45, 2.75) is 51.1 Å². The molecular formula is C36H36N5O5+. The number of rotatable bonds is 9. The number of carbonyl (C=O) groups is 4. The fourth-order valence-corrected chi connectivity index (χ4v) is 6.17. The molecule has 3 aromatic carbocycles. The first-order valence-electron chi connectivity index (χ1n) is 15.6. The summed E-state index contributed by atoms with van der Waals surface area (Å²) >= 11 is 0. The highest BCUT2D eigenvalue weighted by molar-refractivity contribution is 5.97. The number of nitrogens with one attached hydrogen (secondary N) is 1. The van der Waals surface area contributed by atoms with Crippen LogP contribution in [0.15, 0.2) is 89.5 Å². The normalized spacial score (nSPS) is 18.1. The Labute approximate surface area is 267 Å². The molecular weight excluding hydrogens is 582 g/mol. The summed E-state index contributed by atoms with van der Waals surface area (Å²) in [7, 11) is 0. The first kappa shape index (κ1) is 30.6. The fraction of sp³-hybridized carbons (Fsp3) is 0.278. The Morgan fingerprint density at radius 3 is 2.33 bits per heavy atom. The number of anilines is 1. The maximum Gasteiger partial charge on any atom is 0.380 e. The number of amides is 4. The van der Waals surface area contributed by atoms with Gasteiger partial charge < -0.3 is 19.5 Å². The van der Waals surface area contributed by atoms with E-state index in [0.717, 1.165) is 42.4 Å². The second kappa shape index (κ2) is 13.7. The van der Waals surface area contributed by atoms with Crippen molar-refractivity contribution in [3.8, 4) is 22.8 Å². The van der Waals surface area contributed by atoms with Gasteiger partial charge in [0.25, 0.3) is 0 Å². The van der Waals surface area contributed by atoms with E-state index in [1.807, 2.05) is 77.8 Å². The van der Waals surface area contributed by atoms with E-state index in [4.69, 9.17) is 4.42 Å². The van der Waals surface area contributed by atoms with Gasteiger partial charge in [-0.15, -0.1) is 4.58 Å². The van der Waals surface area contributed by atoms with Crippen LogP contribution >= 0.6 is 0 Å². The number of carbonyl (C=O) groups excluding carboxylic acids is 4. The van der Waals surface area contributed by atoms with Gasteiger partial charge in [0, 0.05) is 49.0 Å². The third kappa shape index (κ3) is 6.81. The molecule has 1 N–H and O–H groups in total. The molecule has 0 bridgehead atoms. The minimum atomic E-state index is -0.441. The molecule has 2 aliphatic rings. The van der Waals surface area contributed by atoms with E-state index >= 15 is 0 Å². The minimum Gasteiger partial charge on any atom is -0.436 e. The predicted octanol–water partition coefficient (Wildman–Crippen LogP) is 5.06. The standard InChI is InChI=1S/C36H35N5O5/c1-25(43)40-19-6-10-32(40)35(45)38-29-15-11-27(12-16-29)33-22-37-36(46-33)28-13-17-30(18-14-28)39(24-42)23-31-9-5-20-41(31)34(44)21-26-7-3-2-4-8-26/h2-4,7-8,11-18,22-24,31-32H,5-6,9-10,19-21H2,1H3/p+1. The van der Waals surface area contributed by atoms with Crippen molar-refractivity contribution in [2.24, 2.45) is 0 Å². The molecule has 2 saturated heterocycles. The van der Waals surface area contributed by atoms with Crippen LogP contribution in [0.5, 0.6) is 0 Å².